The molecule has 6 heteroatoms. The first-order chi connectivity index (χ1) is 8.88. The van der Waals surface area contributed by atoms with Crippen LogP contribution in [0.4, 0.5) is 8.78 Å². The predicted molar refractivity (Wildman–Crippen MR) is 68.8 cm³/mol. The summed E-state index contributed by atoms with van der Waals surface area (Å²) in [5.74, 6) is -1.30. The van der Waals surface area contributed by atoms with E-state index in [1.54, 1.807) is 0 Å². The SMILES string of the molecule is CS(=O)(=O)c1cc(F)cc(CC2CCCNC2)c1F. The predicted octanol–water partition coefficient (Wildman–Crippen LogP) is 1.91. The van der Waals surface area contributed by atoms with E-state index >= 15 is 0 Å². The maximum absolute atomic E-state index is 14.1. The Morgan fingerprint density at radius 1 is 1.37 bits per heavy atom. The van der Waals surface area contributed by atoms with Crippen molar-refractivity contribution in [1.82, 2.24) is 5.32 Å². The van der Waals surface area contributed by atoms with Gasteiger partial charge in [0.2, 0.25) is 0 Å². The number of halogens is 2. The van der Waals surface area contributed by atoms with Crippen LogP contribution < -0.4 is 5.32 Å². The van der Waals surface area contributed by atoms with Crippen LogP contribution in [0.1, 0.15) is 18.4 Å². The Hall–Kier alpha value is -1.01. The average Bonchev–Trinajstić information content (AvgIpc) is 2.33. The maximum Gasteiger partial charge on any atom is 0.178 e. The molecule has 106 valence electrons. The first kappa shape index (κ1) is 14.4. The van der Waals surface area contributed by atoms with Gasteiger partial charge in [-0.3, -0.25) is 0 Å². The minimum Gasteiger partial charge on any atom is -0.316 e. The van der Waals surface area contributed by atoms with Crippen LogP contribution >= 0.6 is 0 Å². The van der Waals surface area contributed by atoms with Gasteiger partial charge in [0.05, 0.1) is 0 Å². The molecule has 0 aromatic heterocycles. The maximum atomic E-state index is 14.1. The molecule has 1 heterocycles. The van der Waals surface area contributed by atoms with E-state index in [-0.39, 0.29) is 11.5 Å². The molecule has 0 aliphatic carbocycles. The summed E-state index contributed by atoms with van der Waals surface area (Å²) in [5, 5.41) is 3.20. The van der Waals surface area contributed by atoms with Crippen molar-refractivity contribution in [3.63, 3.8) is 0 Å². The summed E-state index contributed by atoms with van der Waals surface area (Å²) in [7, 11) is -3.75. The molecule has 1 unspecified atom stereocenters. The molecule has 0 spiro atoms. The van der Waals surface area contributed by atoms with Crippen molar-refractivity contribution < 1.29 is 17.2 Å². The summed E-state index contributed by atoms with van der Waals surface area (Å²) in [4.78, 5) is -0.550. The molecule has 0 amide bonds. The molecule has 0 radical (unpaired) electrons. The van der Waals surface area contributed by atoms with Gasteiger partial charge in [0.15, 0.2) is 9.84 Å². The first-order valence-electron chi connectivity index (χ1n) is 6.26. The van der Waals surface area contributed by atoms with E-state index in [0.29, 0.717) is 6.42 Å². The molecule has 2 rings (SSSR count). The van der Waals surface area contributed by atoms with E-state index < -0.39 is 26.4 Å². The van der Waals surface area contributed by atoms with Gasteiger partial charge in [0, 0.05) is 6.26 Å². The normalized spacial score (nSPS) is 20.5. The van der Waals surface area contributed by atoms with Crippen LogP contribution in [-0.2, 0) is 16.3 Å². The summed E-state index contributed by atoms with van der Waals surface area (Å²) in [6.45, 7) is 1.70. The molecule has 1 aromatic carbocycles. The van der Waals surface area contributed by atoms with Crippen LogP contribution in [0.25, 0.3) is 0 Å². The molecule has 0 saturated carbocycles. The van der Waals surface area contributed by atoms with Crippen molar-refractivity contribution >= 4 is 9.84 Å². The number of piperidine rings is 1. The summed E-state index contributed by atoms with van der Waals surface area (Å²) < 4.78 is 50.4. The summed E-state index contributed by atoms with van der Waals surface area (Å²) in [5.41, 5.74) is 0.147. The van der Waals surface area contributed by atoms with Crippen molar-refractivity contribution in [2.24, 2.45) is 5.92 Å². The third kappa shape index (κ3) is 3.51. The highest BCUT2D eigenvalue weighted by Crippen LogP contribution is 2.24. The fourth-order valence-corrected chi connectivity index (χ4v) is 3.23. The molecule has 1 saturated heterocycles. The van der Waals surface area contributed by atoms with Gasteiger partial charge in [0.25, 0.3) is 0 Å². The lowest BCUT2D eigenvalue weighted by molar-refractivity contribution is 0.370. The van der Waals surface area contributed by atoms with E-state index in [4.69, 9.17) is 0 Å². The smallest absolute Gasteiger partial charge is 0.178 e. The standard InChI is InChI=1S/C13H17F2NO2S/c1-19(17,18)12-7-11(14)6-10(13(12)15)5-9-3-2-4-16-8-9/h6-7,9,16H,2-5,8H2,1H3. The Balaban J connectivity index is 2.32. The molecule has 1 N–H and O–H groups in total. The summed E-state index contributed by atoms with van der Waals surface area (Å²) >= 11 is 0. The third-order valence-electron chi connectivity index (χ3n) is 3.39. The molecule has 1 fully saturated rings. The highest BCUT2D eigenvalue weighted by molar-refractivity contribution is 7.90. The van der Waals surface area contributed by atoms with Gasteiger partial charge in [-0.1, -0.05) is 0 Å². The quantitative estimate of drug-likeness (QED) is 0.924. The van der Waals surface area contributed by atoms with Gasteiger partial charge in [-0.25, -0.2) is 17.2 Å². The Kier molecular flexibility index (Phi) is 4.20. The van der Waals surface area contributed by atoms with Crippen LogP contribution in [0.2, 0.25) is 0 Å². The number of sulfone groups is 1. The summed E-state index contributed by atoms with van der Waals surface area (Å²) in [6, 6.07) is 1.84. The number of hydrogen-bond acceptors (Lipinski definition) is 3. The van der Waals surface area contributed by atoms with Gasteiger partial charge in [-0.15, -0.1) is 0 Å². The lowest BCUT2D eigenvalue weighted by atomic mass is 9.92. The monoisotopic (exact) mass is 289 g/mol. The van der Waals surface area contributed by atoms with E-state index in [2.05, 4.69) is 5.32 Å². The van der Waals surface area contributed by atoms with Crippen molar-refractivity contribution in [2.75, 3.05) is 19.3 Å². The van der Waals surface area contributed by atoms with Crippen molar-refractivity contribution in [1.29, 1.82) is 0 Å². The van der Waals surface area contributed by atoms with Gasteiger partial charge in [-0.2, -0.15) is 0 Å². The second-order valence-electron chi connectivity index (χ2n) is 5.07. The minimum absolute atomic E-state index is 0.147. The van der Waals surface area contributed by atoms with Gasteiger partial charge in [0.1, 0.15) is 16.5 Å². The van der Waals surface area contributed by atoms with Crippen molar-refractivity contribution in [3.05, 3.63) is 29.3 Å². The van der Waals surface area contributed by atoms with E-state index in [1.807, 2.05) is 0 Å². The second-order valence-corrected chi connectivity index (χ2v) is 7.05. The van der Waals surface area contributed by atoms with Crippen LogP contribution in [0.3, 0.4) is 0 Å². The van der Waals surface area contributed by atoms with Gasteiger partial charge in [-0.05, 0) is 56.0 Å². The average molecular weight is 289 g/mol. The molecule has 3 nitrogen and oxygen atoms in total. The van der Waals surface area contributed by atoms with Crippen LogP contribution in [0.15, 0.2) is 17.0 Å². The second kappa shape index (κ2) is 5.54. The highest BCUT2D eigenvalue weighted by Gasteiger charge is 2.22. The lowest BCUT2D eigenvalue weighted by Crippen LogP contribution is -2.31. The minimum atomic E-state index is -3.75. The van der Waals surface area contributed by atoms with Crippen LogP contribution in [-0.4, -0.2) is 27.8 Å². The third-order valence-corrected chi connectivity index (χ3v) is 4.48. The largest absolute Gasteiger partial charge is 0.316 e. The molecule has 1 aliphatic rings. The fraction of sp³-hybridized carbons (Fsp3) is 0.538. The highest BCUT2D eigenvalue weighted by atomic mass is 32.2. The summed E-state index contributed by atoms with van der Waals surface area (Å²) in [6.07, 6.45) is 3.19. The molecule has 19 heavy (non-hydrogen) atoms. The Morgan fingerprint density at radius 2 is 2.11 bits per heavy atom. The molecule has 1 aliphatic heterocycles. The zero-order valence-corrected chi connectivity index (χ0v) is 11.6. The molecule has 0 bridgehead atoms. The number of rotatable bonds is 3. The Labute approximate surface area is 111 Å². The Morgan fingerprint density at radius 3 is 2.68 bits per heavy atom. The van der Waals surface area contributed by atoms with Gasteiger partial charge < -0.3 is 5.32 Å². The van der Waals surface area contributed by atoms with Crippen molar-refractivity contribution in [3.8, 4) is 0 Å². The van der Waals surface area contributed by atoms with Crippen LogP contribution in [0, 0.1) is 17.6 Å². The van der Waals surface area contributed by atoms with E-state index in [9.17, 15) is 17.2 Å². The fourth-order valence-electron chi connectivity index (χ4n) is 2.45. The van der Waals surface area contributed by atoms with Crippen molar-refractivity contribution in [2.45, 2.75) is 24.2 Å². The lowest BCUT2D eigenvalue weighted by Gasteiger charge is -2.23. The Bertz CT molecular complexity index is 566. The first-order valence-corrected chi connectivity index (χ1v) is 8.16. The van der Waals surface area contributed by atoms with E-state index in [0.717, 1.165) is 44.3 Å². The molecule has 1 atom stereocenters. The van der Waals surface area contributed by atoms with Crippen LogP contribution in [0.5, 0.6) is 0 Å². The zero-order valence-electron chi connectivity index (χ0n) is 10.7. The number of hydrogen-bond donors (Lipinski definition) is 1. The molecule has 1 aromatic rings. The van der Waals surface area contributed by atoms with E-state index in [1.165, 1.54) is 0 Å². The number of benzene rings is 1. The molecular weight excluding hydrogens is 272 g/mol. The number of nitrogens with one attached hydrogen (secondary N) is 1. The van der Waals surface area contributed by atoms with Gasteiger partial charge >= 0.3 is 0 Å². The molecular formula is C13H17F2NO2S. The zero-order chi connectivity index (χ0) is 14.0. The topological polar surface area (TPSA) is 46.2 Å².